The zero-order valence-electron chi connectivity index (χ0n) is 11.8. The zero-order valence-corrected chi connectivity index (χ0v) is 13.4. The van der Waals surface area contributed by atoms with Gasteiger partial charge in [0.1, 0.15) is 11.3 Å². The van der Waals surface area contributed by atoms with Gasteiger partial charge in [0.2, 0.25) is 0 Å². The monoisotopic (exact) mass is 339 g/mol. The molecule has 0 aliphatic carbocycles. The molecule has 0 saturated carbocycles. The summed E-state index contributed by atoms with van der Waals surface area (Å²) < 4.78 is 4.82. The Morgan fingerprint density at radius 2 is 1.95 bits per heavy atom. The molecule has 1 aromatic carbocycles. The van der Waals surface area contributed by atoms with Crippen molar-refractivity contribution in [2.75, 3.05) is 12.4 Å². The predicted molar refractivity (Wildman–Crippen MR) is 85.9 cm³/mol. The second kappa shape index (κ2) is 6.89. The van der Waals surface area contributed by atoms with Crippen molar-refractivity contribution in [1.82, 2.24) is 0 Å². The summed E-state index contributed by atoms with van der Waals surface area (Å²) in [7, 11) is 1.51. The van der Waals surface area contributed by atoms with E-state index < -0.39 is 22.2 Å². The van der Waals surface area contributed by atoms with Gasteiger partial charge in [0.15, 0.2) is 10.4 Å². The molecule has 1 aliphatic rings. The van der Waals surface area contributed by atoms with Gasteiger partial charge in [-0.2, -0.15) is 0 Å². The lowest BCUT2D eigenvalue weighted by Crippen LogP contribution is -2.25. The fourth-order valence-corrected chi connectivity index (χ4v) is 3.90. The van der Waals surface area contributed by atoms with Gasteiger partial charge in [-0.3, -0.25) is 14.4 Å². The van der Waals surface area contributed by atoms with Crippen LogP contribution in [0.15, 0.2) is 34.1 Å². The van der Waals surface area contributed by atoms with Crippen LogP contribution >= 0.6 is 23.5 Å². The molecule has 116 valence electrons. The minimum Gasteiger partial charge on any atom is -0.497 e. The highest BCUT2D eigenvalue weighted by molar-refractivity contribution is 8.39. The minimum absolute atomic E-state index is 0.0182. The molecule has 6 nitrogen and oxygen atoms in total. The minimum atomic E-state index is -0.977. The molecule has 1 amide bonds. The lowest BCUT2D eigenvalue weighted by molar-refractivity contribution is -0.134. The van der Waals surface area contributed by atoms with Crippen LogP contribution in [0.2, 0.25) is 0 Å². The normalized spacial score (nSPS) is 16.5. The number of benzene rings is 1. The summed E-state index contributed by atoms with van der Waals surface area (Å²) in [6, 6.07) is 6.74. The molecule has 1 aromatic rings. The van der Waals surface area contributed by atoms with Crippen molar-refractivity contribution in [1.29, 1.82) is 0 Å². The average molecular weight is 339 g/mol. The van der Waals surface area contributed by atoms with E-state index in [9.17, 15) is 14.4 Å². The zero-order chi connectivity index (χ0) is 16.3. The van der Waals surface area contributed by atoms with Crippen LogP contribution in [0.5, 0.6) is 5.75 Å². The number of carbonyl (C=O) groups excluding carboxylic acids is 2. The van der Waals surface area contributed by atoms with Crippen LogP contribution in [0.1, 0.15) is 6.92 Å². The number of methoxy groups -OCH3 is 1. The first kappa shape index (κ1) is 16.4. The number of amides is 1. The Morgan fingerprint density at radius 3 is 2.50 bits per heavy atom. The highest BCUT2D eigenvalue weighted by atomic mass is 32.3. The number of anilines is 1. The van der Waals surface area contributed by atoms with Gasteiger partial charge in [-0.25, -0.2) is 0 Å². The third kappa shape index (κ3) is 3.63. The number of rotatable bonds is 5. The van der Waals surface area contributed by atoms with E-state index in [-0.39, 0.29) is 5.57 Å². The smallest absolute Gasteiger partial charge is 0.327 e. The van der Waals surface area contributed by atoms with Crippen molar-refractivity contribution in [2.24, 2.45) is 0 Å². The van der Waals surface area contributed by atoms with Gasteiger partial charge >= 0.3 is 5.97 Å². The van der Waals surface area contributed by atoms with E-state index in [4.69, 9.17) is 9.84 Å². The van der Waals surface area contributed by atoms with Gasteiger partial charge in [-0.15, -0.1) is 0 Å². The van der Waals surface area contributed by atoms with Crippen molar-refractivity contribution in [3.05, 3.63) is 34.1 Å². The lowest BCUT2D eigenvalue weighted by atomic mass is 10.2. The van der Waals surface area contributed by atoms with Gasteiger partial charge in [-0.1, -0.05) is 29.6 Å². The van der Waals surface area contributed by atoms with Gasteiger partial charge in [0, 0.05) is 11.8 Å². The van der Waals surface area contributed by atoms with Gasteiger partial charge in [0.05, 0.1) is 11.3 Å². The summed E-state index contributed by atoms with van der Waals surface area (Å²) in [5.41, 5.74) is 0.475. The Hall–Kier alpha value is -1.93. The quantitative estimate of drug-likeness (QED) is 0.483. The van der Waals surface area contributed by atoms with Crippen molar-refractivity contribution >= 4 is 46.9 Å². The van der Waals surface area contributed by atoms with E-state index in [1.165, 1.54) is 14.0 Å². The van der Waals surface area contributed by atoms with E-state index >= 15 is 0 Å². The number of hydrogen-bond acceptors (Lipinski definition) is 6. The molecule has 1 fully saturated rings. The summed E-state index contributed by atoms with van der Waals surface area (Å²) in [4.78, 5) is 34.7. The van der Waals surface area contributed by atoms with Crippen molar-refractivity contribution in [2.45, 2.75) is 11.5 Å². The molecule has 0 unspecified atom stereocenters. The molecule has 1 saturated heterocycles. The molecule has 1 aliphatic heterocycles. The van der Waals surface area contributed by atoms with E-state index in [1.54, 1.807) is 24.3 Å². The number of ketones is 1. The highest BCUT2D eigenvalue weighted by Gasteiger charge is 2.37. The summed E-state index contributed by atoms with van der Waals surface area (Å²) in [6.07, 6.45) is 0. The topological polar surface area (TPSA) is 92.7 Å². The standard InChI is InChI=1S/C14H13NO5S2/c1-7(16)10(13-21-14(22-13)12(18)19)11(17)15-8-4-3-5-9(6-8)20-2/h3-6,14H,1-2H3,(H,15,17)(H,18,19). The van der Waals surface area contributed by atoms with E-state index in [0.717, 1.165) is 23.5 Å². The Bertz CT molecular complexity index is 663. The van der Waals surface area contributed by atoms with Crippen LogP contribution < -0.4 is 10.1 Å². The Balaban J connectivity index is 2.16. The largest absolute Gasteiger partial charge is 0.497 e. The van der Waals surface area contributed by atoms with E-state index in [0.29, 0.717) is 15.7 Å². The van der Waals surface area contributed by atoms with Crippen LogP contribution in [0.3, 0.4) is 0 Å². The number of nitrogens with one attached hydrogen (secondary N) is 1. The first-order chi connectivity index (χ1) is 10.4. The van der Waals surface area contributed by atoms with Gasteiger partial charge in [0.25, 0.3) is 5.91 Å². The summed E-state index contributed by atoms with van der Waals surface area (Å²) in [6.45, 7) is 1.28. The van der Waals surface area contributed by atoms with Crippen LogP contribution in [-0.2, 0) is 14.4 Å². The molecule has 1 heterocycles. The fourth-order valence-electron chi connectivity index (χ4n) is 1.71. The number of carbonyl (C=O) groups is 3. The third-order valence-electron chi connectivity index (χ3n) is 2.74. The molecule has 22 heavy (non-hydrogen) atoms. The van der Waals surface area contributed by atoms with Gasteiger partial charge in [-0.05, 0) is 19.1 Å². The van der Waals surface area contributed by atoms with Crippen molar-refractivity contribution in [3.63, 3.8) is 0 Å². The molecule has 0 radical (unpaired) electrons. The maximum absolute atomic E-state index is 12.3. The summed E-state index contributed by atoms with van der Waals surface area (Å²) >= 11 is 2.00. The maximum Gasteiger partial charge on any atom is 0.327 e. The van der Waals surface area contributed by atoms with Crippen molar-refractivity contribution < 1.29 is 24.2 Å². The molecule has 0 spiro atoms. The van der Waals surface area contributed by atoms with Gasteiger partial charge < -0.3 is 15.2 Å². The van der Waals surface area contributed by atoms with Crippen molar-refractivity contribution in [3.8, 4) is 5.75 Å². The first-order valence-corrected chi connectivity index (χ1v) is 7.95. The molecular weight excluding hydrogens is 326 g/mol. The average Bonchev–Trinajstić information content (AvgIpc) is 2.41. The molecule has 8 heteroatoms. The molecule has 2 N–H and O–H groups in total. The third-order valence-corrected chi connectivity index (χ3v) is 5.56. The molecule has 2 rings (SSSR count). The second-order valence-corrected chi connectivity index (χ2v) is 7.10. The number of hydrogen-bond donors (Lipinski definition) is 2. The molecular formula is C14H13NO5S2. The Morgan fingerprint density at radius 1 is 1.27 bits per heavy atom. The summed E-state index contributed by atoms with van der Waals surface area (Å²) in [5.74, 6) is -1.36. The van der Waals surface area contributed by atoms with E-state index in [1.807, 2.05) is 0 Å². The molecule has 0 atom stereocenters. The number of carboxylic acid groups (broad SMARTS) is 1. The van der Waals surface area contributed by atoms with E-state index in [2.05, 4.69) is 5.32 Å². The number of Topliss-reactive ketones (excluding diaryl/α,β-unsaturated/α-hetero) is 1. The number of ether oxygens (including phenoxy) is 1. The number of thioether (sulfide) groups is 2. The Labute approximate surface area is 135 Å². The summed E-state index contributed by atoms with van der Waals surface area (Å²) in [5, 5.41) is 11.5. The van der Waals surface area contributed by atoms with Crippen LogP contribution in [0.4, 0.5) is 5.69 Å². The Kier molecular flexibility index (Phi) is 5.15. The fraction of sp³-hybridized carbons (Fsp3) is 0.214. The highest BCUT2D eigenvalue weighted by Crippen LogP contribution is 2.52. The molecule has 0 aromatic heterocycles. The predicted octanol–water partition coefficient (Wildman–Crippen LogP) is 2.32. The van der Waals surface area contributed by atoms with Crippen LogP contribution in [0.25, 0.3) is 0 Å². The lowest BCUT2D eigenvalue weighted by Gasteiger charge is -2.25. The maximum atomic E-state index is 12.3. The van der Waals surface area contributed by atoms with Crippen LogP contribution in [0, 0.1) is 0 Å². The SMILES string of the molecule is COc1cccc(NC(=O)C(C(C)=O)=C2SC(C(=O)O)S2)c1. The number of aliphatic carboxylic acids is 1. The second-order valence-electron chi connectivity index (χ2n) is 4.31. The van der Waals surface area contributed by atoms with Crippen LogP contribution in [-0.4, -0.2) is 34.5 Å². The first-order valence-electron chi connectivity index (χ1n) is 6.19. The number of carboxylic acids is 1. The molecule has 0 bridgehead atoms.